The molecule has 1 saturated heterocycles. The molecule has 3 rings (SSSR count). The predicted octanol–water partition coefficient (Wildman–Crippen LogP) is 3.12. The molecule has 0 radical (unpaired) electrons. The van der Waals surface area contributed by atoms with Gasteiger partial charge in [0, 0.05) is 32.7 Å². The lowest BCUT2D eigenvalue weighted by atomic mass is 10.2. The Labute approximate surface area is 122 Å². The minimum Gasteiger partial charge on any atom is -0.345 e. The zero-order chi connectivity index (χ0) is 13.1. The fraction of sp³-hybridized carbons (Fsp3) is 0.357. The van der Waals surface area contributed by atoms with Crippen LogP contribution < -0.4 is 4.90 Å². The highest BCUT2D eigenvalue weighted by molar-refractivity contribution is 7.19. The van der Waals surface area contributed by atoms with Crippen LogP contribution in [-0.4, -0.2) is 36.1 Å². The van der Waals surface area contributed by atoms with E-state index in [0.29, 0.717) is 0 Å². The van der Waals surface area contributed by atoms with Crippen molar-refractivity contribution in [3.8, 4) is 0 Å². The second-order valence-corrected chi connectivity index (χ2v) is 6.34. The van der Waals surface area contributed by atoms with Crippen molar-refractivity contribution < 1.29 is 0 Å². The van der Waals surface area contributed by atoms with Crippen LogP contribution in [-0.2, 0) is 6.54 Å². The molecule has 0 saturated carbocycles. The van der Waals surface area contributed by atoms with E-state index in [9.17, 15) is 0 Å². The second-order valence-electron chi connectivity index (χ2n) is 4.70. The molecule has 1 aromatic heterocycles. The van der Waals surface area contributed by atoms with Gasteiger partial charge in [-0.1, -0.05) is 53.3 Å². The van der Waals surface area contributed by atoms with Crippen LogP contribution in [0, 0.1) is 0 Å². The molecule has 0 unspecified atom stereocenters. The van der Waals surface area contributed by atoms with Gasteiger partial charge in [-0.05, 0) is 5.56 Å². The van der Waals surface area contributed by atoms with E-state index in [0.717, 1.165) is 42.2 Å². The topological polar surface area (TPSA) is 19.4 Å². The number of benzene rings is 1. The average Bonchev–Trinajstić information content (AvgIpc) is 2.87. The Morgan fingerprint density at radius 3 is 2.47 bits per heavy atom. The van der Waals surface area contributed by atoms with E-state index < -0.39 is 0 Å². The second kappa shape index (κ2) is 5.90. The average molecular weight is 294 g/mol. The Morgan fingerprint density at radius 2 is 1.84 bits per heavy atom. The lowest BCUT2D eigenvalue weighted by Gasteiger charge is -2.34. The summed E-state index contributed by atoms with van der Waals surface area (Å²) in [5, 5.41) is 1.05. The maximum Gasteiger partial charge on any atom is 0.186 e. The third-order valence-corrected chi connectivity index (χ3v) is 4.53. The molecule has 5 heteroatoms. The number of anilines is 1. The smallest absolute Gasteiger partial charge is 0.186 e. The first-order valence-corrected chi connectivity index (χ1v) is 7.63. The first-order chi connectivity index (χ1) is 9.31. The first kappa shape index (κ1) is 12.9. The van der Waals surface area contributed by atoms with Gasteiger partial charge in [-0.15, -0.1) is 0 Å². The van der Waals surface area contributed by atoms with Crippen molar-refractivity contribution in [1.29, 1.82) is 0 Å². The van der Waals surface area contributed by atoms with Gasteiger partial charge < -0.3 is 4.90 Å². The van der Waals surface area contributed by atoms with Crippen LogP contribution >= 0.6 is 22.9 Å². The summed E-state index contributed by atoms with van der Waals surface area (Å²) in [5.41, 5.74) is 1.38. The Balaban J connectivity index is 1.55. The molecule has 0 aliphatic carbocycles. The Hall–Kier alpha value is -1.10. The summed E-state index contributed by atoms with van der Waals surface area (Å²) in [4.78, 5) is 9.15. The van der Waals surface area contributed by atoms with Gasteiger partial charge in [-0.3, -0.25) is 4.90 Å². The molecule has 0 spiro atoms. The van der Waals surface area contributed by atoms with Gasteiger partial charge in [0.25, 0.3) is 0 Å². The van der Waals surface area contributed by atoms with E-state index in [1.807, 2.05) is 0 Å². The highest BCUT2D eigenvalue weighted by Gasteiger charge is 2.19. The first-order valence-electron chi connectivity index (χ1n) is 6.44. The molecule has 0 atom stereocenters. The summed E-state index contributed by atoms with van der Waals surface area (Å²) in [6, 6.07) is 10.6. The molecule has 1 aliphatic rings. The molecule has 3 nitrogen and oxygen atoms in total. The van der Waals surface area contributed by atoms with E-state index in [4.69, 9.17) is 11.6 Å². The van der Waals surface area contributed by atoms with Crippen LogP contribution in [0.4, 0.5) is 5.13 Å². The van der Waals surface area contributed by atoms with Gasteiger partial charge in [-0.25, -0.2) is 4.98 Å². The SMILES string of the molecule is Clc1cnc(N2CCN(Cc3ccccc3)CC2)s1. The number of nitrogens with zero attached hydrogens (tertiary/aromatic N) is 3. The molecule has 1 aliphatic heterocycles. The Bertz CT molecular complexity index is 520. The van der Waals surface area contributed by atoms with Crippen LogP contribution in [0.2, 0.25) is 4.34 Å². The van der Waals surface area contributed by atoms with E-state index >= 15 is 0 Å². The van der Waals surface area contributed by atoms with Crippen molar-refractivity contribution in [3.05, 3.63) is 46.4 Å². The predicted molar refractivity (Wildman–Crippen MR) is 81.1 cm³/mol. The molecule has 0 N–H and O–H groups in total. The molecule has 0 amide bonds. The van der Waals surface area contributed by atoms with Crippen LogP contribution in [0.1, 0.15) is 5.56 Å². The van der Waals surface area contributed by atoms with Crippen molar-refractivity contribution in [3.63, 3.8) is 0 Å². The van der Waals surface area contributed by atoms with Gasteiger partial charge in [0.2, 0.25) is 0 Å². The number of thiazole rings is 1. The van der Waals surface area contributed by atoms with Crippen molar-refractivity contribution in [1.82, 2.24) is 9.88 Å². The molecule has 1 aromatic carbocycles. The summed E-state index contributed by atoms with van der Waals surface area (Å²) < 4.78 is 0.765. The standard InChI is InChI=1S/C14H16ClN3S/c15-13-10-16-14(19-13)18-8-6-17(7-9-18)11-12-4-2-1-3-5-12/h1-5,10H,6-9,11H2. The number of hydrogen-bond acceptors (Lipinski definition) is 4. The van der Waals surface area contributed by atoms with Gasteiger partial charge in [0.15, 0.2) is 5.13 Å². The number of hydrogen-bond donors (Lipinski definition) is 0. The van der Waals surface area contributed by atoms with Gasteiger partial charge in [0.1, 0.15) is 4.34 Å². The quantitative estimate of drug-likeness (QED) is 0.867. The van der Waals surface area contributed by atoms with Crippen LogP contribution in [0.5, 0.6) is 0 Å². The monoisotopic (exact) mass is 293 g/mol. The van der Waals surface area contributed by atoms with Crippen LogP contribution in [0.25, 0.3) is 0 Å². The number of rotatable bonds is 3. The normalized spacial score (nSPS) is 16.8. The fourth-order valence-electron chi connectivity index (χ4n) is 2.33. The Morgan fingerprint density at radius 1 is 1.11 bits per heavy atom. The van der Waals surface area contributed by atoms with E-state index in [1.165, 1.54) is 5.56 Å². The van der Waals surface area contributed by atoms with Crippen molar-refractivity contribution in [2.24, 2.45) is 0 Å². The lowest BCUT2D eigenvalue weighted by Crippen LogP contribution is -2.45. The minimum atomic E-state index is 0.765. The summed E-state index contributed by atoms with van der Waals surface area (Å²) in [5.74, 6) is 0. The van der Waals surface area contributed by atoms with Crippen molar-refractivity contribution in [2.45, 2.75) is 6.54 Å². The molecule has 2 aromatic rings. The molecular formula is C14H16ClN3S. The van der Waals surface area contributed by atoms with E-state index in [1.54, 1.807) is 17.5 Å². The van der Waals surface area contributed by atoms with Crippen LogP contribution in [0.3, 0.4) is 0 Å². The minimum absolute atomic E-state index is 0.765. The molecule has 2 heterocycles. The molecule has 0 bridgehead atoms. The number of halogens is 1. The van der Waals surface area contributed by atoms with E-state index in [-0.39, 0.29) is 0 Å². The number of piperazine rings is 1. The highest BCUT2D eigenvalue weighted by atomic mass is 35.5. The van der Waals surface area contributed by atoms with Gasteiger partial charge in [-0.2, -0.15) is 0 Å². The molecule has 19 heavy (non-hydrogen) atoms. The molecule has 100 valence electrons. The zero-order valence-corrected chi connectivity index (χ0v) is 12.2. The maximum absolute atomic E-state index is 5.93. The van der Waals surface area contributed by atoms with Crippen molar-refractivity contribution >= 4 is 28.1 Å². The molecular weight excluding hydrogens is 278 g/mol. The largest absolute Gasteiger partial charge is 0.345 e. The third kappa shape index (κ3) is 3.26. The zero-order valence-electron chi connectivity index (χ0n) is 10.6. The summed E-state index contributed by atoms with van der Waals surface area (Å²) in [7, 11) is 0. The van der Waals surface area contributed by atoms with Crippen molar-refractivity contribution in [2.75, 3.05) is 31.1 Å². The van der Waals surface area contributed by atoms with Gasteiger partial charge >= 0.3 is 0 Å². The number of aromatic nitrogens is 1. The lowest BCUT2D eigenvalue weighted by molar-refractivity contribution is 0.250. The fourth-order valence-corrected chi connectivity index (χ4v) is 3.28. The van der Waals surface area contributed by atoms with E-state index in [2.05, 4.69) is 45.1 Å². The van der Waals surface area contributed by atoms with Crippen LogP contribution in [0.15, 0.2) is 36.5 Å². The summed E-state index contributed by atoms with van der Waals surface area (Å²) in [6.45, 7) is 5.23. The highest BCUT2D eigenvalue weighted by Crippen LogP contribution is 2.27. The Kier molecular flexibility index (Phi) is 4.01. The summed E-state index contributed by atoms with van der Waals surface area (Å²) in [6.07, 6.45) is 1.73. The summed E-state index contributed by atoms with van der Waals surface area (Å²) >= 11 is 7.50. The maximum atomic E-state index is 5.93. The molecule has 1 fully saturated rings. The van der Waals surface area contributed by atoms with Gasteiger partial charge in [0.05, 0.1) is 6.20 Å². The third-order valence-electron chi connectivity index (χ3n) is 3.36.